The second-order valence-electron chi connectivity index (χ2n) is 5.15. The van der Waals surface area contributed by atoms with Crippen molar-refractivity contribution in [2.24, 2.45) is 12.8 Å². The van der Waals surface area contributed by atoms with Crippen LogP contribution >= 0.6 is 0 Å². The van der Waals surface area contributed by atoms with Crippen LogP contribution in [0.2, 0.25) is 0 Å². The summed E-state index contributed by atoms with van der Waals surface area (Å²) in [5.74, 6) is -0.0217. The number of anilines is 1. The number of aryl methyl sites for hydroxylation is 1. The van der Waals surface area contributed by atoms with Gasteiger partial charge in [-0.25, -0.2) is 4.98 Å². The Morgan fingerprint density at radius 1 is 1.40 bits per heavy atom. The molecular formula is C15H18N4O. The molecule has 0 saturated heterocycles. The van der Waals surface area contributed by atoms with E-state index in [0.29, 0.717) is 12.2 Å². The standard InChI is InChI=1S/C15H18N4O/c1-18-10-17-9-14(18)15(20)19-8-4-6-12(16)11-5-2-3-7-13(11)19/h2-3,5,7,9-10,12H,4,6,8,16H2,1H3. The second-order valence-corrected chi connectivity index (χ2v) is 5.15. The zero-order valence-corrected chi connectivity index (χ0v) is 11.5. The van der Waals surface area contributed by atoms with Gasteiger partial charge < -0.3 is 15.2 Å². The number of hydrogen-bond donors (Lipinski definition) is 1. The lowest BCUT2D eigenvalue weighted by Gasteiger charge is -2.23. The number of nitrogens with zero attached hydrogens (tertiary/aromatic N) is 3. The SMILES string of the molecule is Cn1cncc1C(=O)N1CCCC(N)c2ccccc21. The lowest BCUT2D eigenvalue weighted by atomic mass is 10.0. The number of para-hydroxylation sites is 1. The molecule has 1 aliphatic heterocycles. The van der Waals surface area contributed by atoms with Crippen molar-refractivity contribution in [1.29, 1.82) is 0 Å². The summed E-state index contributed by atoms with van der Waals surface area (Å²) >= 11 is 0. The van der Waals surface area contributed by atoms with Crippen molar-refractivity contribution in [3.05, 3.63) is 48.0 Å². The highest BCUT2D eigenvalue weighted by atomic mass is 16.2. The van der Waals surface area contributed by atoms with Gasteiger partial charge in [0.25, 0.3) is 5.91 Å². The highest BCUT2D eigenvalue weighted by molar-refractivity contribution is 6.05. The van der Waals surface area contributed by atoms with Crippen molar-refractivity contribution < 1.29 is 4.79 Å². The molecule has 5 heteroatoms. The van der Waals surface area contributed by atoms with Crippen LogP contribution in [0.3, 0.4) is 0 Å². The van der Waals surface area contributed by atoms with Gasteiger partial charge in [-0.3, -0.25) is 4.79 Å². The van der Waals surface area contributed by atoms with Crippen LogP contribution in [0, 0.1) is 0 Å². The zero-order chi connectivity index (χ0) is 14.1. The van der Waals surface area contributed by atoms with Crippen molar-refractivity contribution in [3.63, 3.8) is 0 Å². The number of aromatic nitrogens is 2. The molecule has 2 heterocycles. The Hall–Kier alpha value is -2.14. The summed E-state index contributed by atoms with van der Waals surface area (Å²) in [5, 5.41) is 0. The first kappa shape index (κ1) is 12.9. The predicted octanol–water partition coefficient (Wildman–Crippen LogP) is 1.86. The van der Waals surface area contributed by atoms with Gasteiger partial charge in [-0.05, 0) is 24.5 Å². The van der Waals surface area contributed by atoms with Gasteiger partial charge in [0.15, 0.2) is 0 Å². The molecule has 1 aliphatic rings. The van der Waals surface area contributed by atoms with E-state index in [4.69, 9.17) is 5.73 Å². The van der Waals surface area contributed by atoms with Gasteiger partial charge in [0.05, 0.1) is 12.5 Å². The maximum absolute atomic E-state index is 12.7. The molecule has 1 aromatic heterocycles. The Balaban J connectivity index is 2.03. The molecular weight excluding hydrogens is 252 g/mol. The largest absolute Gasteiger partial charge is 0.330 e. The molecule has 5 nitrogen and oxygen atoms in total. The fraction of sp³-hybridized carbons (Fsp3) is 0.333. The van der Waals surface area contributed by atoms with Crippen molar-refractivity contribution in [1.82, 2.24) is 9.55 Å². The average molecular weight is 270 g/mol. The van der Waals surface area contributed by atoms with E-state index >= 15 is 0 Å². The summed E-state index contributed by atoms with van der Waals surface area (Å²) in [6.45, 7) is 0.689. The Bertz CT molecular complexity index is 634. The first-order valence-electron chi connectivity index (χ1n) is 6.81. The molecule has 1 amide bonds. The van der Waals surface area contributed by atoms with E-state index in [-0.39, 0.29) is 11.9 Å². The Morgan fingerprint density at radius 3 is 2.95 bits per heavy atom. The van der Waals surface area contributed by atoms with Gasteiger partial charge in [-0.1, -0.05) is 18.2 Å². The number of rotatable bonds is 1. The molecule has 1 atom stereocenters. The highest BCUT2D eigenvalue weighted by Gasteiger charge is 2.26. The fourth-order valence-electron chi connectivity index (χ4n) is 2.70. The summed E-state index contributed by atoms with van der Waals surface area (Å²) in [5.41, 5.74) is 8.76. The van der Waals surface area contributed by atoms with E-state index in [1.54, 1.807) is 17.1 Å². The highest BCUT2D eigenvalue weighted by Crippen LogP contribution is 2.32. The summed E-state index contributed by atoms with van der Waals surface area (Å²) in [6, 6.07) is 7.89. The summed E-state index contributed by atoms with van der Waals surface area (Å²) in [7, 11) is 1.83. The molecule has 0 fully saturated rings. The number of hydrogen-bond acceptors (Lipinski definition) is 3. The third-order valence-corrected chi connectivity index (χ3v) is 3.80. The third kappa shape index (κ3) is 2.10. The van der Waals surface area contributed by atoms with E-state index in [1.165, 1.54) is 0 Å². The molecule has 0 radical (unpaired) electrons. The van der Waals surface area contributed by atoms with Crippen LogP contribution in [-0.2, 0) is 7.05 Å². The average Bonchev–Trinajstić information content (AvgIpc) is 2.81. The molecule has 2 N–H and O–H groups in total. The smallest absolute Gasteiger partial charge is 0.276 e. The summed E-state index contributed by atoms with van der Waals surface area (Å²) in [4.78, 5) is 18.6. The van der Waals surface area contributed by atoms with E-state index in [9.17, 15) is 4.79 Å². The quantitative estimate of drug-likeness (QED) is 0.860. The van der Waals surface area contributed by atoms with E-state index < -0.39 is 0 Å². The lowest BCUT2D eigenvalue weighted by Crippen LogP contribution is -2.33. The first-order chi connectivity index (χ1) is 9.68. The molecule has 0 aliphatic carbocycles. The maximum atomic E-state index is 12.7. The van der Waals surface area contributed by atoms with Crippen LogP contribution in [-0.4, -0.2) is 22.0 Å². The second kappa shape index (κ2) is 5.09. The minimum atomic E-state index is -0.0217. The van der Waals surface area contributed by atoms with Crippen molar-refractivity contribution in [3.8, 4) is 0 Å². The maximum Gasteiger partial charge on any atom is 0.276 e. The van der Waals surface area contributed by atoms with Crippen LogP contribution < -0.4 is 10.6 Å². The summed E-state index contributed by atoms with van der Waals surface area (Å²) in [6.07, 6.45) is 5.05. The molecule has 1 aromatic carbocycles. The molecule has 0 spiro atoms. The monoisotopic (exact) mass is 270 g/mol. The van der Waals surface area contributed by atoms with Gasteiger partial charge in [0.2, 0.25) is 0 Å². The molecule has 0 bridgehead atoms. The molecule has 2 aromatic rings. The number of carbonyl (C=O) groups is 1. The number of nitrogens with two attached hydrogens (primary N) is 1. The predicted molar refractivity (Wildman–Crippen MR) is 77.5 cm³/mol. The van der Waals surface area contributed by atoms with Gasteiger partial charge in [-0.2, -0.15) is 0 Å². The van der Waals surface area contributed by atoms with Gasteiger partial charge in [0.1, 0.15) is 5.69 Å². The Labute approximate surface area is 118 Å². The minimum Gasteiger partial charge on any atom is -0.330 e. The van der Waals surface area contributed by atoms with Gasteiger partial charge >= 0.3 is 0 Å². The zero-order valence-electron chi connectivity index (χ0n) is 11.5. The first-order valence-corrected chi connectivity index (χ1v) is 6.81. The third-order valence-electron chi connectivity index (χ3n) is 3.80. The van der Waals surface area contributed by atoms with E-state index in [1.807, 2.05) is 36.2 Å². The van der Waals surface area contributed by atoms with E-state index in [2.05, 4.69) is 4.98 Å². The van der Waals surface area contributed by atoms with Crippen LogP contribution in [0.4, 0.5) is 5.69 Å². The van der Waals surface area contributed by atoms with Crippen LogP contribution in [0.15, 0.2) is 36.8 Å². The Morgan fingerprint density at radius 2 is 2.20 bits per heavy atom. The normalized spacial score (nSPS) is 18.5. The Kier molecular flexibility index (Phi) is 3.28. The molecule has 104 valence electrons. The van der Waals surface area contributed by atoms with Gasteiger partial charge in [-0.15, -0.1) is 0 Å². The van der Waals surface area contributed by atoms with E-state index in [0.717, 1.165) is 24.1 Å². The van der Waals surface area contributed by atoms with Crippen LogP contribution in [0.1, 0.15) is 34.9 Å². The number of carbonyl (C=O) groups excluding carboxylic acids is 1. The number of fused-ring (bicyclic) bond motifs is 1. The molecule has 1 unspecified atom stereocenters. The van der Waals surface area contributed by atoms with Crippen molar-refractivity contribution >= 4 is 11.6 Å². The fourth-order valence-corrected chi connectivity index (χ4v) is 2.70. The van der Waals surface area contributed by atoms with Crippen molar-refractivity contribution in [2.75, 3.05) is 11.4 Å². The number of imidazole rings is 1. The molecule has 3 rings (SSSR count). The number of amides is 1. The topological polar surface area (TPSA) is 64.2 Å². The summed E-state index contributed by atoms with van der Waals surface area (Å²) < 4.78 is 1.75. The molecule has 0 saturated carbocycles. The van der Waals surface area contributed by atoms with Gasteiger partial charge in [0, 0.05) is 25.3 Å². The van der Waals surface area contributed by atoms with Crippen LogP contribution in [0.5, 0.6) is 0 Å². The minimum absolute atomic E-state index is 0.00413. The number of benzene rings is 1. The lowest BCUT2D eigenvalue weighted by molar-refractivity contribution is 0.0979. The molecule has 20 heavy (non-hydrogen) atoms. The van der Waals surface area contributed by atoms with Crippen LogP contribution in [0.25, 0.3) is 0 Å². The van der Waals surface area contributed by atoms with Crippen molar-refractivity contribution in [2.45, 2.75) is 18.9 Å².